The molecule has 2 N–H and O–H groups in total. The maximum Gasteiger partial charge on any atom is 0.371 e. The van der Waals surface area contributed by atoms with Crippen LogP contribution in [0.1, 0.15) is 29.3 Å². The second-order valence-electron chi connectivity index (χ2n) is 4.64. The van der Waals surface area contributed by atoms with E-state index < -0.39 is 5.97 Å². The molecule has 1 saturated heterocycles. The molecule has 1 fully saturated rings. The minimum atomic E-state index is -1.02. The second kappa shape index (κ2) is 6.98. The van der Waals surface area contributed by atoms with Gasteiger partial charge in [-0.3, -0.25) is 0 Å². The van der Waals surface area contributed by atoms with E-state index in [-0.39, 0.29) is 11.8 Å². The van der Waals surface area contributed by atoms with Crippen LogP contribution in [0.5, 0.6) is 0 Å². The van der Waals surface area contributed by atoms with Crippen LogP contribution in [-0.4, -0.2) is 53.7 Å². The molecule has 0 spiro atoms. The summed E-state index contributed by atoms with van der Waals surface area (Å²) in [7, 11) is 0. The molecule has 1 aromatic rings. The van der Waals surface area contributed by atoms with Crippen LogP contribution in [0.2, 0.25) is 0 Å². The molecule has 106 valence electrons. The van der Waals surface area contributed by atoms with Crippen molar-refractivity contribution in [2.24, 2.45) is 0 Å². The Labute approximate surface area is 117 Å². The second-order valence-corrected chi connectivity index (χ2v) is 5.86. The van der Waals surface area contributed by atoms with E-state index in [0.717, 1.165) is 26.2 Å². The van der Waals surface area contributed by atoms with E-state index in [1.165, 1.54) is 17.6 Å². The first-order chi connectivity index (χ1) is 9.16. The van der Waals surface area contributed by atoms with Crippen LogP contribution in [0.4, 0.5) is 0 Å². The number of rotatable bonds is 6. The molecular weight excluding hydrogens is 264 g/mol. The lowest BCUT2D eigenvalue weighted by atomic mass is 10.2. The third-order valence-electron chi connectivity index (χ3n) is 3.25. The van der Waals surface area contributed by atoms with Crippen molar-refractivity contribution in [2.75, 3.05) is 37.7 Å². The number of aromatic carboxylic acids is 1. The molecule has 0 amide bonds. The van der Waals surface area contributed by atoms with Gasteiger partial charge in [0.25, 0.3) is 0 Å². The van der Waals surface area contributed by atoms with Crippen LogP contribution < -0.4 is 5.32 Å². The Hall–Kier alpha value is -0.980. The van der Waals surface area contributed by atoms with Crippen LogP contribution in [0.3, 0.4) is 0 Å². The van der Waals surface area contributed by atoms with Crippen molar-refractivity contribution in [3.63, 3.8) is 0 Å². The van der Waals surface area contributed by atoms with E-state index in [9.17, 15) is 4.79 Å². The Morgan fingerprint density at radius 1 is 1.53 bits per heavy atom. The Morgan fingerprint density at radius 2 is 2.26 bits per heavy atom. The highest BCUT2D eigenvalue weighted by atomic mass is 32.2. The number of carboxylic acids is 1. The SMILES string of the molecule is CC(NCCN1CCSCC1)c1ccc(C(=O)O)o1. The summed E-state index contributed by atoms with van der Waals surface area (Å²) in [5.74, 6) is 2.08. The summed E-state index contributed by atoms with van der Waals surface area (Å²) in [6, 6.07) is 3.25. The lowest BCUT2D eigenvalue weighted by Crippen LogP contribution is -2.38. The third kappa shape index (κ3) is 4.26. The number of carboxylic acid groups (broad SMARTS) is 1. The zero-order chi connectivity index (χ0) is 13.7. The normalized spacial score (nSPS) is 18.4. The molecule has 0 bridgehead atoms. The van der Waals surface area contributed by atoms with Crippen molar-refractivity contribution in [3.05, 3.63) is 23.7 Å². The van der Waals surface area contributed by atoms with Gasteiger partial charge in [-0.05, 0) is 19.1 Å². The predicted molar refractivity (Wildman–Crippen MR) is 75.9 cm³/mol. The summed E-state index contributed by atoms with van der Waals surface area (Å²) in [4.78, 5) is 13.2. The van der Waals surface area contributed by atoms with Gasteiger partial charge >= 0.3 is 5.97 Å². The summed E-state index contributed by atoms with van der Waals surface area (Å²) in [6.07, 6.45) is 0. The minimum absolute atomic E-state index is 0.00305. The molecule has 0 radical (unpaired) electrons. The van der Waals surface area contributed by atoms with Crippen molar-refractivity contribution in [1.82, 2.24) is 10.2 Å². The summed E-state index contributed by atoms with van der Waals surface area (Å²) < 4.78 is 5.27. The fourth-order valence-electron chi connectivity index (χ4n) is 2.07. The number of nitrogens with one attached hydrogen (secondary N) is 1. The van der Waals surface area contributed by atoms with Gasteiger partial charge in [0.2, 0.25) is 5.76 Å². The molecule has 1 aliphatic rings. The molecule has 1 aromatic heterocycles. The number of hydrogen-bond donors (Lipinski definition) is 2. The summed E-state index contributed by atoms with van der Waals surface area (Å²) in [5.41, 5.74) is 0. The summed E-state index contributed by atoms with van der Waals surface area (Å²) in [5, 5.41) is 12.2. The van der Waals surface area contributed by atoms with Crippen LogP contribution in [0.25, 0.3) is 0 Å². The van der Waals surface area contributed by atoms with Crippen molar-refractivity contribution in [3.8, 4) is 0 Å². The third-order valence-corrected chi connectivity index (χ3v) is 4.19. The van der Waals surface area contributed by atoms with Crippen molar-refractivity contribution < 1.29 is 14.3 Å². The standard InChI is InChI=1S/C13H20N2O3S/c1-10(11-2-3-12(18-11)13(16)17)14-4-5-15-6-8-19-9-7-15/h2-3,10,14H,4-9H2,1H3,(H,16,17). The van der Waals surface area contributed by atoms with E-state index in [2.05, 4.69) is 10.2 Å². The minimum Gasteiger partial charge on any atom is -0.475 e. The summed E-state index contributed by atoms with van der Waals surface area (Å²) in [6.45, 7) is 6.21. The van der Waals surface area contributed by atoms with Gasteiger partial charge in [-0.1, -0.05) is 0 Å². The highest BCUT2D eigenvalue weighted by Gasteiger charge is 2.14. The summed E-state index contributed by atoms with van der Waals surface area (Å²) >= 11 is 2.01. The topological polar surface area (TPSA) is 65.7 Å². The Balaban J connectivity index is 1.73. The van der Waals surface area contributed by atoms with E-state index in [0.29, 0.717) is 5.76 Å². The van der Waals surface area contributed by atoms with Crippen LogP contribution in [-0.2, 0) is 0 Å². The monoisotopic (exact) mass is 284 g/mol. The number of nitrogens with zero attached hydrogens (tertiary/aromatic N) is 1. The zero-order valence-corrected chi connectivity index (χ0v) is 11.9. The van der Waals surface area contributed by atoms with Gasteiger partial charge in [0.1, 0.15) is 5.76 Å². The zero-order valence-electron chi connectivity index (χ0n) is 11.1. The Kier molecular flexibility index (Phi) is 5.30. The maximum atomic E-state index is 10.7. The van der Waals surface area contributed by atoms with E-state index in [4.69, 9.17) is 9.52 Å². The molecule has 0 saturated carbocycles. The first-order valence-electron chi connectivity index (χ1n) is 6.53. The molecule has 2 heterocycles. The maximum absolute atomic E-state index is 10.7. The average molecular weight is 284 g/mol. The fraction of sp³-hybridized carbons (Fsp3) is 0.615. The van der Waals surface area contributed by atoms with Gasteiger partial charge in [-0.15, -0.1) is 0 Å². The van der Waals surface area contributed by atoms with Crippen LogP contribution >= 0.6 is 11.8 Å². The van der Waals surface area contributed by atoms with Crippen molar-refractivity contribution in [1.29, 1.82) is 0 Å². The number of carbonyl (C=O) groups is 1. The molecule has 0 aromatic carbocycles. The van der Waals surface area contributed by atoms with Gasteiger partial charge in [-0.25, -0.2) is 4.79 Å². The fourth-order valence-corrected chi connectivity index (χ4v) is 3.04. The lowest BCUT2D eigenvalue weighted by molar-refractivity contribution is 0.0659. The molecule has 1 unspecified atom stereocenters. The highest BCUT2D eigenvalue weighted by molar-refractivity contribution is 7.99. The van der Waals surface area contributed by atoms with Gasteiger partial charge in [0, 0.05) is 37.7 Å². The van der Waals surface area contributed by atoms with Crippen molar-refractivity contribution >= 4 is 17.7 Å². The smallest absolute Gasteiger partial charge is 0.371 e. The molecule has 5 nitrogen and oxygen atoms in total. The van der Waals surface area contributed by atoms with Crippen molar-refractivity contribution in [2.45, 2.75) is 13.0 Å². The molecule has 0 aliphatic carbocycles. The average Bonchev–Trinajstić information content (AvgIpc) is 2.89. The largest absolute Gasteiger partial charge is 0.475 e. The molecule has 19 heavy (non-hydrogen) atoms. The number of furan rings is 1. The van der Waals surface area contributed by atoms with Gasteiger partial charge in [-0.2, -0.15) is 11.8 Å². The quantitative estimate of drug-likeness (QED) is 0.828. The Bertz CT molecular complexity index is 416. The van der Waals surface area contributed by atoms with Gasteiger partial charge in [0.05, 0.1) is 6.04 Å². The number of hydrogen-bond acceptors (Lipinski definition) is 5. The van der Waals surface area contributed by atoms with E-state index >= 15 is 0 Å². The van der Waals surface area contributed by atoms with E-state index in [1.54, 1.807) is 6.07 Å². The van der Waals surface area contributed by atoms with Gasteiger partial charge < -0.3 is 19.7 Å². The highest BCUT2D eigenvalue weighted by Crippen LogP contribution is 2.16. The molecule has 6 heteroatoms. The van der Waals surface area contributed by atoms with Crippen LogP contribution in [0, 0.1) is 0 Å². The van der Waals surface area contributed by atoms with E-state index in [1.807, 2.05) is 18.7 Å². The van der Waals surface area contributed by atoms with Gasteiger partial charge in [0.15, 0.2) is 0 Å². The first kappa shape index (κ1) is 14.4. The Morgan fingerprint density at radius 3 is 2.89 bits per heavy atom. The predicted octanol–water partition coefficient (Wildman–Crippen LogP) is 1.68. The molecule has 1 atom stereocenters. The molecule has 1 aliphatic heterocycles. The number of thioether (sulfide) groups is 1. The molecule has 2 rings (SSSR count). The molecular formula is C13H20N2O3S. The first-order valence-corrected chi connectivity index (χ1v) is 7.69. The van der Waals surface area contributed by atoms with Crippen LogP contribution in [0.15, 0.2) is 16.5 Å². The lowest BCUT2D eigenvalue weighted by Gasteiger charge is -2.26.